The van der Waals surface area contributed by atoms with Crippen molar-refractivity contribution in [2.75, 3.05) is 0 Å². The van der Waals surface area contributed by atoms with Crippen LogP contribution in [0.15, 0.2) is 47.2 Å². The molecule has 0 atom stereocenters. The first kappa shape index (κ1) is 20.2. The van der Waals surface area contributed by atoms with Crippen molar-refractivity contribution < 1.29 is 9.53 Å². The Labute approximate surface area is 157 Å². The number of allylic oxidation sites excluding steroid dienone is 5. The Balaban J connectivity index is 2.11. The lowest BCUT2D eigenvalue weighted by molar-refractivity contribution is 0.0371. The summed E-state index contributed by atoms with van der Waals surface area (Å²) in [6, 6.07) is 3.61. The van der Waals surface area contributed by atoms with Gasteiger partial charge in [0.1, 0.15) is 5.69 Å². The van der Waals surface area contributed by atoms with Crippen LogP contribution in [-0.4, -0.2) is 17.1 Å². The molecule has 3 heteroatoms. The van der Waals surface area contributed by atoms with Crippen molar-refractivity contribution in [3.05, 3.63) is 58.5 Å². The van der Waals surface area contributed by atoms with Crippen LogP contribution in [0.2, 0.25) is 0 Å². The van der Waals surface area contributed by atoms with Crippen LogP contribution in [0.25, 0.3) is 6.08 Å². The molecule has 0 radical (unpaired) electrons. The Morgan fingerprint density at radius 2 is 2.04 bits per heavy atom. The van der Waals surface area contributed by atoms with Crippen molar-refractivity contribution in [1.82, 2.24) is 4.98 Å². The quantitative estimate of drug-likeness (QED) is 0.472. The van der Waals surface area contributed by atoms with Gasteiger partial charge in [0.2, 0.25) is 0 Å². The minimum Gasteiger partial charge on any atom is -0.458 e. The van der Waals surface area contributed by atoms with Gasteiger partial charge in [-0.1, -0.05) is 49.3 Å². The maximum absolute atomic E-state index is 11.8. The first-order valence-electron chi connectivity index (χ1n) is 9.42. The van der Waals surface area contributed by atoms with E-state index in [1.165, 1.54) is 30.4 Å². The monoisotopic (exact) mass is 353 g/mol. The Morgan fingerprint density at radius 1 is 1.31 bits per heavy atom. The van der Waals surface area contributed by atoms with Gasteiger partial charge in [0, 0.05) is 6.20 Å². The average molecular weight is 354 g/mol. The van der Waals surface area contributed by atoms with Crippen LogP contribution in [-0.2, 0) is 4.74 Å². The van der Waals surface area contributed by atoms with Crippen molar-refractivity contribution in [3.63, 3.8) is 0 Å². The van der Waals surface area contributed by atoms with Crippen LogP contribution in [0.5, 0.6) is 0 Å². The molecule has 0 fully saturated rings. The van der Waals surface area contributed by atoms with Gasteiger partial charge in [-0.05, 0) is 69.6 Å². The summed E-state index contributed by atoms with van der Waals surface area (Å²) < 4.78 is 5.16. The van der Waals surface area contributed by atoms with Gasteiger partial charge in [0.05, 0.1) is 6.10 Å². The summed E-state index contributed by atoms with van der Waals surface area (Å²) in [5, 5.41) is 0. The van der Waals surface area contributed by atoms with E-state index in [0.717, 1.165) is 11.1 Å². The van der Waals surface area contributed by atoms with E-state index in [0.29, 0.717) is 5.69 Å². The van der Waals surface area contributed by atoms with Crippen molar-refractivity contribution in [2.45, 2.75) is 66.9 Å². The Hall–Kier alpha value is -2.16. The second-order valence-corrected chi connectivity index (χ2v) is 8.08. The van der Waals surface area contributed by atoms with Crippen LogP contribution >= 0.6 is 0 Å². The minimum atomic E-state index is -0.380. The SMILES string of the molecule is CC1=C(/C=C/C(C)=C/c2ccc(C(=O)OC(C)C)nc2)C(C)(C)CCC1. The fraction of sp³-hybridized carbons (Fsp3) is 0.478. The first-order chi connectivity index (χ1) is 12.2. The molecule has 1 aliphatic rings. The van der Waals surface area contributed by atoms with Gasteiger partial charge in [-0.15, -0.1) is 0 Å². The summed E-state index contributed by atoms with van der Waals surface area (Å²) in [6.45, 7) is 12.6. The second kappa shape index (κ2) is 8.48. The number of pyridine rings is 1. The number of rotatable bonds is 5. The third-order valence-corrected chi connectivity index (χ3v) is 4.79. The fourth-order valence-corrected chi connectivity index (χ4v) is 3.42. The summed E-state index contributed by atoms with van der Waals surface area (Å²) in [5.74, 6) is -0.380. The van der Waals surface area contributed by atoms with Crippen LogP contribution in [0.4, 0.5) is 0 Å². The lowest BCUT2D eigenvalue weighted by Gasteiger charge is -2.32. The highest BCUT2D eigenvalue weighted by Crippen LogP contribution is 2.40. The lowest BCUT2D eigenvalue weighted by atomic mass is 9.72. The third-order valence-electron chi connectivity index (χ3n) is 4.79. The Kier molecular flexibility index (Phi) is 6.57. The van der Waals surface area contributed by atoms with E-state index in [1.807, 2.05) is 19.9 Å². The topological polar surface area (TPSA) is 39.2 Å². The summed E-state index contributed by atoms with van der Waals surface area (Å²) >= 11 is 0. The molecule has 140 valence electrons. The van der Waals surface area contributed by atoms with Crippen LogP contribution in [0.1, 0.15) is 76.9 Å². The highest BCUT2D eigenvalue weighted by molar-refractivity contribution is 5.87. The number of carbonyl (C=O) groups is 1. The Morgan fingerprint density at radius 3 is 2.62 bits per heavy atom. The zero-order valence-corrected chi connectivity index (χ0v) is 16.9. The number of hydrogen-bond donors (Lipinski definition) is 0. The van der Waals surface area contributed by atoms with E-state index in [1.54, 1.807) is 12.3 Å². The van der Waals surface area contributed by atoms with Crippen molar-refractivity contribution in [3.8, 4) is 0 Å². The summed E-state index contributed by atoms with van der Waals surface area (Å²) in [7, 11) is 0. The fourth-order valence-electron chi connectivity index (χ4n) is 3.42. The molecule has 1 heterocycles. The number of aromatic nitrogens is 1. The predicted molar refractivity (Wildman–Crippen MR) is 108 cm³/mol. The van der Waals surface area contributed by atoms with E-state index in [-0.39, 0.29) is 17.5 Å². The molecule has 0 amide bonds. The van der Waals surface area contributed by atoms with Crippen molar-refractivity contribution in [1.29, 1.82) is 0 Å². The largest absolute Gasteiger partial charge is 0.458 e. The first-order valence-corrected chi connectivity index (χ1v) is 9.42. The molecule has 0 aliphatic heterocycles. The van der Waals surface area contributed by atoms with Gasteiger partial charge in [-0.25, -0.2) is 9.78 Å². The Bertz CT molecular complexity index is 734. The van der Waals surface area contributed by atoms with E-state index in [9.17, 15) is 4.79 Å². The summed E-state index contributed by atoms with van der Waals surface area (Å²) in [4.78, 5) is 16.1. The molecule has 0 unspecified atom stereocenters. The van der Waals surface area contributed by atoms with Gasteiger partial charge in [0.25, 0.3) is 0 Å². The average Bonchev–Trinajstić information content (AvgIpc) is 2.53. The number of nitrogens with zero attached hydrogens (tertiary/aromatic N) is 1. The molecule has 0 N–H and O–H groups in total. The highest BCUT2D eigenvalue weighted by atomic mass is 16.5. The molecule has 1 aromatic heterocycles. The van der Waals surface area contributed by atoms with E-state index >= 15 is 0 Å². The number of ether oxygens (including phenoxy) is 1. The molecule has 1 aromatic rings. The molecular formula is C23H31NO2. The molecule has 0 aromatic carbocycles. The smallest absolute Gasteiger partial charge is 0.357 e. The molecule has 0 bridgehead atoms. The van der Waals surface area contributed by atoms with E-state index in [4.69, 9.17) is 4.74 Å². The predicted octanol–water partition coefficient (Wildman–Crippen LogP) is 6.13. The van der Waals surface area contributed by atoms with Crippen LogP contribution in [0.3, 0.4) is 0 Å². The molecule has 0 spiro atoms. The molecule has 1 aliphatic carbocycles. The van der Waals surface area contributed by atoms with Crippen LogP contribution in [0, 0.1) is 5.41 Å². The third kappa shape index (κ3) is 5.42. The van der Waals surface area contributed by atoms with Gasteiger partial charge < -0.3 is 4.74 Å². The van der Waals surface area contributed by atoms with Gasteiger partial charge >= 0.3 is 5.97 Å². The van der Waals surface area contributed by atoms with E-state index < -0.39 is 0 Å². The normalized spacial score (nSPS) is 17.9. The standard InChI is InChI=1S/C23H31NO2/c1-16(2)26-22(25)21-12-10-19(15-24-21)14-17(3)9-11-20-18(4)8-7-13-23(20,5)6/h9-12,14-16H,7-8,13H2,1-6H3/b11-9+,17-14+. The minimum absolute atomic E-state index is 0.141. The lowest BCUT2D eigenvalue weighted by Crippen LogP contribution is -2.19. The van der Waals surface area contributed by atoms with Crippen molar-refractivity contribution >= 4 is 12.0 Å². The zero-order valence-electron chi connectivity index (χ0n) is 16.9. The maximum atomic E-state index is 11.8. The molecule has 3 nitrogen and oxygen atoms in total. The molecular weight excluding hydrogens is 322 g/mol. The second-order valence-electron chi connectivity index (χ2n) is 8.08. The van der Waals surface area contributed by atoms with E-state index in [2.05, 4.69) is 50.9 Å². The maximum Gasteiger partial charge on any atom is 0.357 e. The summed E-state index contributed by atoms with van der Waals surface area (Å²) in [5.41, 5.74) is 5.68. The molecule has 0 saturated carbocycles. The summed E-state index contributed by atoms with van der Waals surface area (Å²) in [6.07, 6.45) is 11.8. The van der Waals surface area contributed by atoms with Crippen molar-refractivity contribution in [2.24, 2.45) is 5.41 Å². The van der Waals surface area contributed by atoms with Gasteiger partial charge in [-0.3, -0.25) is 0 Å². The number of hydrogen-bond acceptors (Lipinski definition) is 3. The van der Waals surface area contributed by atoms with Crippen LogP contribution < -0.4 is 0 Å². The number of carbonyl (C=O) groups excluding carboxylic acids is 1. The van der Waals surface area contributed by atoms with Gasteiger partial charge in [-0.2, -0.15) is 0 Å². The zero-order chi connectivity index (χ0) is 19.3. The van der Waals surface area contributed by atoms with Gasteiger partial charge in [0.15, 0.2) is 0 Å². The molecule has 26 heavy (non-hydrogen) atoms. The number of esters is 1. The highest BCUT2D eigenvalue weighted by Gasteiger charge is 2.26. The molecule has 2 rings (SSSR count). The molecule has 0 saturated heterocycles.